The van der Waals surface area contributed by atoms with Crippen molar-refractivity contribution >= 4 is 40.7 Å². The Morgan fingerprint density at radius 1 is 1.18 bits per heavy atom. The van der Waals surface area contributed by atoms with Crippen molar-refractivity contribution in [3.05, 3.63) is 51.6 Å². The van der Waals surface area contributed by atoms with Crippen molar-refractivity contribution in [3.63, 3.8) is 0 Å². The van der Waals surface area contributed by atoms with Crippen molar-refractivity contribution in [1.29, 1.82) is 0 Å². The number of carbonyl (C=O) groups is 1. The van der Waals surface area contributed by atoms with Crippen molar-refractivity contribution in [1.82, 2.24) is 9.88 Å². The van der Waals surface area contributed by atoms with Gasteiger partial charge < -0.3 is 15.5 Å². The fraction of sp³-hybridized carbons (Fsp3) is 0.429. The summed E-state index contributed by atoms with van der Waals surface area (Å²) < 4.78 is 0. The van der Waals surface area contributed by atoms with E-state index in [1.807, 2.05) is 11.1 Å². The minimum absolute atomic E-state index is 0.0410. The zero-order chi connectivity index (χ0) is 20.1. The van der Waals surface area contributed by atoms with Gasteiger partial charge in [0.15, 0.2) is 0 Å². The molecule has 2 atom stereocenters. The Bertz CT molecular complexity index is 925. The first-order valence-electron chi connectivity index (χ1n) is 9.52. The maximum absolute atomic E-state index is 13.0. The number of hydrogen-bond acceptors (Lipinski definition) is 3. The van der Waals surface area contributed by atoms with Crippen LogP contribution in [0.15, 0.2) is 30.5 Å². The van der Waals surface area contributed by atoms with E-state index in [2.05, 4.69) is 42.5 Å². The lowest BCUT2D eigenvalue weighted by molar-refractivity contribution is 0.179. The summed E-state index contributed by atoms with van der Waals surface area (Å²) in [7, 11) is 0. The number of nitrogens with zero attached hydrogens (tertiary/aromatic N) is 2. The normalized spacial score (nSPS) is 20.7. The molecule has 2 aromatic rings. The second kappa shape index (κ2) is 7.12. The minimum Gasteiger partial charge on any atom is -0.365 e. The van der Waals surface area contributed by atoms with Crippen molar-refractivity contribution in [2.24, 2.45) is 0 Å². The van der Waals surface area contributed by atoms with Crippen molar-refractivity contribution in [3.8, 4) is 0 Å². The molecule has 2 aliphatic heterocycles. The van der Waals surface area contributed by atoms with Crippen LogP contribution in [0.2, 0.25) is 10.0 Å². The Labute approximate surface area is 175 Å². The highest BCUT2D eigenvalue weighted by atomic mass is 35.5. The monoisotopic (exact) mass is 418 g/mol. The summed E-state index contributed by atoms with van der Waals surface area (Å²) in [4.78, 5) is 19.5. The quantitative estimate of drug-likeness (QED) is 0.638. The predicted molar refractivity (Wildman–Crippen MR) is 114 cm³/mol. The van der Waals surface area contributed by atoms with Gasteiger partial charge in [0.05, 0.1) is 16.1 Å². The number of nitrogens with one attached hydrogen (secondary N) is 2. The lowest BCUT2D eigenvalue weighted by Crippen LogP contribution is -2.44. The fourth-order valence-corrected chi connectivity index (χ4v) is 4.45. The van der Waals surface area contributed by atoms with Crippen LogP contribution in [0.1, 0.15) is 50.8 Å². The van der Waals surface area contributed by atoms with Gasteiger partial charge in [-0.3, -0.25) is 0 Å². The second-order valence-corrected chi connectivity index (χ2v) is 9.38. The maximum atomic E-state index is 13.0. The molecule has 1 aromatic heterocycles. The van der Waals surface area contributed by atoms with Gasteiger partial charge in [-0.1, -0.05) is 23.2 Å². The van der Waals surface area contributed by atoms with Crippen molar-refractivity contribution < 1.29 is 4.79 Å². The molecule has 2 bridgehead atoms. The van der Waals surface area contributed by atoms with E-state index in [4.69, 9.17) is 23.2 Å². The highest BCUT2D eigenvalue weighted by Crippen LogP contribution is 2.44. The van der Waals surface area contributed by atoms with Gasteiger partial charge in [0.2, 0.25) is 0 Å². The fourth-order valence-electron chi connectivity index (χ4n) is 4.15. The number of rotatable bonds is 2. The van der Waals surface area contributed by atoms with Gasteiger partial charge in [-0.2, -0.15) is 0 Å². The smallest absolute Gasteiger partial charge is 0.322 e. The largest absolute Gasteiger partial charge is 0.365 e. The van der Waals surface area contributed by atoms with Crippen LogP contribution in [-0.4, -0.2) is 27.5 Å². The van der Waals surface area contributed by atoms with Crippen LogP contribution in [0.25, 0.3) is 0 Å². The lowest BCUT2D eigenvalue weighted by Gasteiger charge is -2.36. The number of carbonyl (C=O) groups excluding carboxylic acids is 1. The third-order valence-corrected chi connectivity index (χ3v) is 5.99. The highest BCUT2D eigenvalue weighted by molar-refractivity contribution is 6.42. The number of aromatic nitrogens is 1. The average Bonchev–Trinajstić information content (AvgIpc) is 2.92. The van der Waals surface area contributed by atoms with Gasteiger partial charge in [-0.05, 0) is 75.4 Å². The van der Waals surface area contributed by atoms with Gasteiger partial charge in [-0.25, -0.2) is 9.78 Å². The molecule has 2 amide bonds. The Hall–Kier alpha value is -1.98. The number of hydrogen-bond donors (Lipinski definition) is 2. The summed E-state index contributed by atoms with van der Waals surface area (Å²) in [6.45, 7) is 6.35. The first-order valence-corrected chi connectivity index (χ1v) is 10.3. The molecule has 2 N–H and O–H groups in total. The molecule has 1 saturated heterocycles. The molecule has 0 saturated carbocycles. The van der Waals surface area contributed by atoms with E-state index >= 15 is 0 Å². The van der Waals surface area contributed by atoms with Gasteiger partial charge in [0.25, 0.3) is 0 Å². The lowest BCUT2D eigenvalue weighted by atomic mass is 9.95. The summed E-state index contributed by atoms with van der Waals surface area (Å²) in [6.07, 6.45) is 4.73. The first kappa shape index (κ1) is 19.3. The average molecular weight is 419 g/mol. The van der Waals surface area contributed by atoms with Gasteiger partial charge in [0.1, 0.15) is 5.82 Å². The van der Waals surface area contributed by atoms with Crippen LogP contribution in [-0.2, 0) is 6.42 Å². The predicted octanol–water partition coefficient (Wildman–Crippen LogP) is 5.89. The van der Waals surface area contributed by atoms with E-state index < -0.39 is 0 Å². The van der Waals surface area contributed by atoms with Crippen molar-refractivity contribution in [2.45, 2.75) is 57.7 Å². The molecule has 0 aliphatic carbocycles. The number of halogens is 2. The molecule has 5 nitrogen and oxygen atoms in total. The maximum Gasteiger partial charge on any atom is 0.322 e. The third kappa shape index (κ3) is 3.78. The number of amides is 2. The Morgan fingerprint density at radius 2 is 1.96 bits per heavy atom. The summed E-state index contributed by atoms with van der Waals surface area (Å²) >= 11 is 12.0. The van der Waals surface area contributed by atoms with Crippen LogP contribution >= 0.6 is 23.2 Å². The van der Waals surface area contributed by atoms with E-state index in [1.54, 1.807) is 18.2 Å². The van der Waals surface area contributed by atoms with Crippen molar-refractivity contribution in [2.75, 3.05) is 10.6 Å². The molecule has 148 valence electrons. The first-order chi connectivity index (χ1) is 13.2. The summed E-state index contributed by atoms with van der Waals surface area (Å²) in [5.41, 5.74) is 3.04. The number of anilines is 2. The van der Waals surface area contributed by atoms with E-state index in [0.29, 0.717) is 15.7 Å². The molecule has 0 spiro atoms. The van der Waals surface area contributed by atoms with E-state index in [9.17, 15) is 4.79 Å². The van der Waals surface area contributed by atoms with E-state index in [1.165, 1.54) is 5.56 Å². The zero-order valence-corrected chi connectivity index (χ0v) is 17.7. The van der Waals surface area contributed by atoms with Gasteiger partial charge in [-0.15, -0.1) is 0 Å². The molecular weight excluding hydrogens is 395 g/mol. The molecule has 1 aromatic carbocycles. The molecule has 0 radical (unpaired) electrons. The van der Waals surface area contributed by atoms with Gasteiger partial charge in [0, 0.05) is 23.5 Å². The summed E-state index contributed by atoms with van der Waals surface area (Å²) in [5.74, 6) is 0.888. The van der Waals surface area contributed by atoms with E-state index in [-0.39, 0.29) is 23.7 Å². The van der Waals surface area contributed by atoms with E-state index in [0.717, 1.165) is 30.6 Å². The van der Waals surface area contributed by atoms with Crippen LogP contribution in [0.4, 0.5) is 16.3 Å². The minimum atomic E-state index is -0.103. The second-order valence-electron chi connectivity index (χ2n) is 8.56. The third-order valence-electron chi connectivity index (χ3n) is 5.25. The molecule has 3 heterocycles. The number of fused-ring (bicyclic) bond motifs is 4. The molecular formula is C21H24Cl2N4O. The Morgan fingerprint density at radius 3 is 2.68 bits per heavy atom. The molecule has 1 fully saturated rings. The van der Waals surface area contributed by atoms with Crippen LogP contribution in [0, 0.1) is 0 Å². The Kier molecular flexibility index (Phi) is 4.92. The van der Waals surface area contributed by atoms with Gasteiger partial charge >= 0.3 is 6.03 Å². The van der Waals surface area contributed by atoms with Crippen LogP contribution in [0.3, 0.4) is 0 Å². The summed E-state index contributed by atoms with van der Waals surface area (Å²) in [6, 6.07) is 7.42. The zero-order valence-electron chi connectivity index (χ0n) is 16.2. The molecule has 28 heavy (non-hydrogen) atoms. The van der Waals surface area contributed by atoms with Crippen LogP contribution in [0.5, 0.6) is 0 Å². The molecule has 2 aliphatic rings. The topological polar surface area (TPSA) is 57.3 Å². The molecule has 2 unspecified atom stereocenters. The molecule has 4 rings (SSSR count). The number of pyridine rings is 1. The SMILES string of the molecule is CC(C)(C)Nc1cc2c(cn1)C1CCC(C2)N1C(=O)Nc1ccc(Cl)c(Cl)c1. The highest BCUT2D eigenvalue weighted by Gasteiger charge is 2.43. The number of urea groups is 1. The standard InChI is InChI=1S/C21H24Cl2N4O/c1-21(2,3)26-19-9-12-8-14-5-7-18(15(12)11-24-19)27(14)20(28)25-13-4-6-16(22)17(23)10-13/h4,6,9-11,14,18H,5,7-8H2,1-3H3,(H,24,26)(H,25,28). The molecule has 7 heteroatoms. The summed E-state index contributed by atoms with van der Waals surface area (Å²) in [5, 5.41) is 7.29. The van der Waals surface area contributed by atoms with Crippen LogP contribution < -0.4 is 10.6 Å². The Balaban J connectivity index is 1.55. The number of benzene rings is 1.